The van der Waals surface area contributed by atoms with E-state index < -0.39 is 10.0 Å². The minimum atomic E-state index is -3.78. The van der Waals surface area contributed by atoms with Gasteiger partial charge in [0.2, 0.25) is 0 Å². The van der Waals surface area contributed by atoms with E-state index >= 15 is 0 Å². The molecular formula is C23H23ClN2O4S. The van der Waals surface area contributed by atoms with Crippen molar-refractivity contribution in [3.63, 3.8) is 0 Å². The summed E-state index contributed by atoms with van der Waals surface area (Å²) in [6.45, 7) is 4.45. The largest absolute Gasteiger partial charge is 0.491 e. The fraction of sp³-hybridized carbons (Fsp3) is 0.174. The summed E-state index contributed by atoms with van der Waals surface area (Å²) in [5, 5.41) is 2.88. The number of para-hydroxylation sites is 1. The summed E-state index contributed by atoms with van der Waals surface area (Å²) in [4.78, 5) is 12.5. The molecule has 8 heteroatoms. The molecule has 0 unspecified atom stereocenters. The van der Waals surface area contributed by atoms with Crippen molar-refractivity contribution in [3.05, 3.63) is 88.4 Å². The zero-order chi connectivity index (χ0) is 22.4. The van der Waals surface area contributed by atoms with E-state index in [9.17, 15) is 13.2 Å². The van der Waals surface area contributed by atoms with Crippen LogP contribution in [0.5, 0.6) is 5.75 Å². The number of aryl methyl sites for hydroxylation is 2. The third-order valence-corrected chi connectivity index (χ3v) is 6.24. The number of amides is 1. The molecular weight excluding hydrogens is 436 g/mol. The molecule has 0 aromatic heterocycles. The van der Waals surface area contributed by atoms with Crippen molar-refractivity contribution in [1.29, 1.82) is 0 Å². The lowest BCUT2D eigenvalue weighted by molar-refractivity contribution is 0.0947. The van der Waals surface area contributed by atoms with Crippen molar-refractivity contribution in [2.24, 2.45) is 0 Å². The van der Waals surface area contributed by atoms with Gasteiger partial charge in [0.25, 0.3) is 15.9 Å². The van der Waals surface area contributed by atoms with Gasteiger partial charge in [-0.2, -0.15) is 0 Å². The number of hydrogen-bond acceptors (Lipinski definition) is 4. The Labute approximate surface area is 187 Å². The summed E-state index contributed by atoms with van der Waals surface area (Å²) < 4.78 is 33.2. The minimum absolute atomic E-state index is 0.125. The Balaban J connectivity index is 1.58. The lowest BCUT2D eigenvalue weighted by Gasteiger charge is -2.12. The molecule has 0 bridgehead atoms. The van der Waals surface area contributed by atoms with E-state index in [0.717, 1.165) is 16.9 Å². The summed E-state index contributed by atoms with van der Waals surface area (Å²) in [7, 11) is -3.78. The number of ether oxygens (including phenoxy) is 1. The van der Waals surface area contributed by atoms with Crippen molar-refractivity contribution in [2.75, 3.05) is 17.9 Å². The molecule has 31 heavy (non-hydrogen) atoms. The fourth-order valence-corrected chi connectivity index (χ4v) is 4.17. The summed E-state index contributed by atoms with van der Waals surface area (Å²) in [5.41, 5.74) is 2.49. The number of carbonyl (C=O) groups excluding carboxylic acids is 1. The molecule has 0 fully saturated rings. The molecule has 0 spiro atoms. The molecule has 0 radical (unpaired) electrons. The van der Waals surface area contributed by atoms with Crippen LogP contribution in [0.4, 0.5) is 5.69 Å². The van der Waals surface area contributed by atoms with Crippen molar-refractivity contribution >= 4 is 33.2 Å². The van der Waals surface area contributed by atoms with E-state index in [0.29, 0.717) is 18.7 Å². The smallest absolute Gasteiger partial charge is 0.261 e. The molecule has 0 aliphatic rings. The van der Waals surface area contributed by atoms with Crippen LogP contribution in [0.1, 0.15) is 21.5 Å². The lowest BCUT2D eigenvalue weighted by Crippen LogP contribution is -2.28. The van der Waals surface area contributed by atoms with Gasteiger partial charge in [-0.15, -0.1) is 0 Å². The molecule has 1 amide bonds. The molecule has 3 aromatic carbocycles. The SMILES string of the molecule is Cc1ccc(S(=O)(=O)Nc2ccc(C(=O)NCCOc3ccccc3C)cc2Cl)cc1. The third kappa shape index (κ3) is 5.99. The second-order valence-electron chi connectivity index (χ2n) is 6.98. The van der Waals surface area contributed by atoms with Crippen LogP contribution in [0.15, 0.2) is 71.6 Å². The molecule has 3 aromatic rings. The van der Waals surface area contributed by atoms with Crippen LogP contribution in [0.25, 0.3) is 0 Å². The Bertz CT molecular complexity index is 1180. The predicted octanol–water partition coefficient (Wildman–Crippen LogP) is 4.57. The molecule has 0 aliphatic carbocycles. The first-order valence-corrected chi connectivity index (χ1v) is 11.5. The predicted molar refractivity (Wildman–Crippen MR) is 122 cm³/mol. The molecule has 6 nitrogen and oxygen atoms in total. The summed E-state index contributed by atoms with van der Waals surface area (Å²) >= 11 is 6.22. The Morgan fingerprint density at radius 1 is 1.00 bits per heavy atom. The van der Waals surface area contributed by atoms with Crippen molar-refractivity contribution in [1.82, 2.24) is 5.32 Å². The molecule has 0 atom stereocenters. The van der Waals surface area contributed by atoms with Gasteiger partial charge in [0.15, 0.2) is 0 Å². The van der Waals surface area contributed by atoms with Crippen LogP contribution in [-0.4, -0.2) is 27.5 Å². The maximum atomic E-state index is 12.5. The molecule has 0 saturated carbocycles. The maximum absolute atomic E-state index is 12.5. The summed E-state index contributed by atoms with van der Waals surface area (Å²) in [6, 6.07) is 18.5. The quantitative estimate of drug-likeness (QED) is 0.484. The number of nitrogens with one attached hydrogen (secondary N) is 2. The normalized spacial score (nSPS) is 11.1. The van der Waals surface area contributed by atoms with Gasteiger partial charge >= 0.3 is 0 Å². The number of halogens is 1. The molecule has 3 rings (SSSR count). The van der Waals surface area contributed by atoms with Gasteiger partial charge in [-0.1, -0.05) is 47.5 Å². The van der Waals surface area contributed by atoms with Gasteiger partial charge in [0.05, 0.1) is 22.2 Å². The van der Waals surface area contributed by atoms with Crippen LogP contribution in [0.3, 0.4) is 0 Å². The summed E-state index contributed by atoms with van der Waals surface area (Å²) in [6.07, 6.45) is 0. The number of benzene rings is 3. The second-order valence-corrected chi connectivity index (χ2v) is 9.07. The first kappa shape index (κ1) is 22.7. The highest BCUT2D eigenvalue weighted by Gasteiger charge is 2.16. The first-order chi connectivity index (χ1) is 14.8. The van der Waals surface area contributed by atoms with Crippen molar-refractivity contribution in [2.45, 2.75) is 18.7 Å². The van der Waals surface area contributed by atoms with Crippen molar-refractivity contribution in [3.8, 4) is 5.75 Å². The van der Waals surface area contributed by atoms with Gasteiger partial charge in [-0.25, -0.2) is 8.42 Å². The Kier molecular flexibility index (Phi) is 7.20. The van der Waals surface area contributed by atoms with Crippen LogP contribution >= 0.6 is 11.6 Å². The number of carbonyl (C=O) groups is 1. The van der Waals surface area contributed by atoms with E-state index in [-0.39, 0.29) is 21.5 Å². The van der Waals surface area contributed by atoms with E-state index in [2.05, 4.69) is 10.0 Å². The maximum Gasteiger partial charge on any atom is 0.261 e. The van der Waals surface area contributed by atoms with Crippen LogP contribution in [0.2, 0.25) is 5.02 Å². The number of sulfonamides is 1. The highest BCUT2D eigenvalue weighted by molar-refractivity contribution is 7.92. The van der Waals surface area contributed by atoms with Gasteiger partial charge in [-0.3, -0.25) is 9.52 Å². The van der Waals surface area contributed by atoms with Gasteiger partial charge in [0.1, 0.15) is 12.4 Å². The molecule has 0 saturated heterocycles. The average molecular weight is 459 g/mol. The van der Waals surface area contributed by atoms with E-state index in [1.807, 2.05) is 38.1 Å². The van der Waals surface area contributed by atoms with Gasteiger partial charge < -0.3 is 10.1 Å². The average Bonchev–Trinajstić information content (AvgIpc) is 2.74. The second kappa shape index (κ2) is 9.85. The first-order valence-electron chi connectivity index (χ1n) is 9.62. The Hall–Kier alpha value is -3.03. The summed E-state index contributed by atoms with van der Waals surface area (Å²) in [5.74, 6) is 0.438. The molecule has 0 heterocycles. The van der Waals surface area contributed by atoms with Crippen LogP contribution in [0, 0.1) is 13.8 Å². The molecule has 0 aliphatic heterocycles. The Morgan fingerprint density at radius 3 is 2.39 bits per heavy atom. The topological polar surface area (TPSA) is 84.5 Å². The highest BCUT2D eigenvalue weighted by Crippen LogP contribution is 2.26. The van der Waals surface area contributed by atoms with Crippen LogP contribution < -0.4 is 14.8 Å². The Morgan fingerprint density at radius 2 is 1.71 bits per heavy atom. The molecule has 162 valence electrons. The van der Waals surface area contributed by atoms with Gasteiger partial charge in [-0.05, 0) is 55.8 Å². The lowest BCUT2D eigenvalue weighted by atomic mass is 10.2. The third-order valence-electron chi connectivity index (χ3n) is 4.55. The number of hydrogen-bond donors (Lipinski definition) is 2. The number of anilines is 1. The zero-order valence-electron chi connectivity index (χ0n) is 17.2. The zero-order valence-corrected chi connectivity index (χ0v) is 18.8. The molecule has 2 N–H and O–H groups in total. The van der Waals surface area contributed by atoms with E-state index in [1.54, 1.807) is 12.1 Å². The number of rotatable bonds is 8. The van der Waals surface area contributed by atoms with Gasteiger partial charge in [0, 0.05) is 5.56 Å². The minimum Gasteiger partial charge on any atom is -0.491 e. The van der Waals surface area contributed by atoms with Crippen LogP contribution in [-0.2, 0) is 10.0 Å². The standard InChI is InChI=1S/C23H23ClN2O4S/c1-16-7-10-19(11-8-16)31(28,29)26-21-12-9-18(15-20(21)24)23(27)25-13-14-30-22-6-4-3-5-17(22)2/h3-12,15,26H,13-14H2,1-2H3,(H,25,27). The monoisotopic (exact) mass is 458 g/mol. The van der Waals surface area contributed by atoms with E-state index in [4.69, 9.17) is 16.3 Å². The highest BCUT2D eigenvalue weighted by atomic mass is 35.5. The van der Waals surface area contributed by atoms with E-state index in [1.165, 1.54) is 30.3 Å². The fourth-order valence-electron chi connectivity index (χ4n) is 2.81. The van der Waals surface area contributed by atoms with Crippen molar-refractivity contribution < 1.29 is 17.9 Å².